The van der Waals surface area contributed by atoms with Crippen LogP contribution in [0.2, 0.25) is 0 Å². The van der Waals surface area contributed by atoms with Gasteiger partial charge in [-0.05, 0) is 32.7 Å². The molecule has 0 bridgehead atoms. The van der Waals surface area contributed by atoms with Gasteiger partial charge in [-0.15, -0.1) is 0 Å². The minimum Gasteiger partial charge on any atom is -0.312 e. The number of alkyl halides is 3. The molecule has 1 heterocycles. The molecule has 1 rings (SSSR count). The van der Waals surface area contributed by atoms with Gasteiger partial charge in [-0.25, -0.2) is 0 Å². The van der Waals surface area contributed by atoms with Gasteiger partial charge in [0.1, 0.15) is 0 Å². The van der Waals surface area contributed by atoms with Crippen molar-refractivity contribution in [2.75, 3.05) is 13.1 Å². The predicted octanol–water partition coefficient (Wildman–Crippen LogP) is 2.45. The zero-order chi connectivity index (χ0) is 12.2. The summed E-state index contributed by atoms with van der Waals surface area (Å²) >= 11 is 0. The Morgan fingerprint density at radius 1 is 1.44 bits per heavy atom. The Morgan fingerprint density at radius 3 is 2.56 bits per heavy atom. The molecular formula is C11H21F3N2. The van der Waals surface area contributed by atoms with Crippen molar-refractivity contribution in [2.24, 2.45) is 0 Å². The Morgan fingerprint density at radius 2 is 2.12 bits per heavy atom. The first-order valence-electron chi connectivity index (χ1n) is 5.92. The second kappa shape index (κ2) is 5.36. The maximum atomic E-state index is 12.1. The molecule has 0 amide bonds. The summed E-state index contributed by atoms with van der Waals surface area (Å²) in [6, 6.07) is -0.508. The number of hydrogen-bond donors (Lipinski definition) is 2. The minimum atomic E-state index is -4.07. The van der Waals surface area contributed by atoms with E-state index in [2.05, 4.69) is 17.6 Å². The molecule has 0 aromatic heterocycles. The highest BCUT2D eigenvalue weighted by Crippen LogP contribution is 2.24. The quantitative estimate of drug-likeness (QED) is 0.768. The maximum Gasteiger partial charge on any atom is 0.390 e. The van der Waals surface area contributed by atoms with Crippen LogP contribution in [0, 0.1) is 0 Å². The maximum absolute atomic E-state index is 12.1. The van der Waals surface area contributed by atoms with Gasteiger partial charge in [0, 0.05) is 18.1 Å². The second-order valence-electron chi connectivity index (χ2n) is 4.77. The minimum absolute atomic E-state index is 0.0137. The molecule has 0 spiro atoms. The van der Waals surface area contributed by atoms with Crippen LogP contribution in [0.4, 0.5) is 13.2 Å². The highest BCUT2D eigenvalue weighted by atomic mass is 19.4. The molecule has 1 saturated heterocycles. The summed E-state index contributed by atoms with van der Waals surface area (Å²) in [6.07, 6.45) is -1.71. The number of hydrogen-bond acceptors (Lipinski definition) is 2. The predicted molar refractivity (Wildman–Crippen MR) is 58.4 cm³/mol. The van der Waals surface area contributed by atoms with Crippen molar-refractivity contribution in [3.8, 4) is 0 Å². The molecule has 0 aliphatic carbocycles. The van der Waals surface area contributed by atoms with Gasteiger partial charge in [-0.1, -0.05) is 6.92 Å². The van der Waals surface area contributed by atoms with E-state index in [9.17, 15) is 13.2 Å². The van der Waals surface area contributed by atoms with Crippen molar-refractivity contribution in [3.05, 3.63) is 0 Å². The van der Waals surface area contributed by atoms with Gasteiger partial charge >= 0.3 is 6.18 Å². The van der Waals surface area contributed by atoms with Crippen LogP contribution in [0.1, 0.15) is 39.5 Å². The third-order valence-electron chi connectivity index (χ3n) is 3.34. The molecule has 2 atom stereocenters. The highest BCUT2D eigenvalue weighted by Gasteiger charge is 2.34. The van der Waals surface area contributed by atoms with Crippen LogP contribution < -0.4 is 10.6 Å². The van der Waals surface area contributed by atoms with Crippen LogP contribution in [-0.4, -0.2) is 30.8 Å². The van der Waals surface area contributed by atoms with Crippen LogP contribution in [0.25, 0.3) is 0 Å². The van der Waals surface area contributed by atoms with Gasteiger partial charge in [0.25, 0.3) is 0 Å². The number of halogens is 3. The van der Waals surface area contributed by atoms with Crippen LogP contribution >= 0.6 is 0 Å². The van der Waals surface area contributed by atoms with Crippen LogP contribution in [0.5, 0.6) is 0 Å². The smallest absolute Gasteiger partial charge is 0.312 e. The summed E-state index contributed by atoms with van der Waals surface area (Å²) in [4.78, 5) is 0. The average Bonchev–Trinajstić information content (AvgIpc) is 2.61. The lowest BCUT2D eigenvalue weighted by atomic mass is 9.94. The largest absolute Gasteiger partial charge is 0.390 e. The van der Waals surface area contributed by atoms with Gasteiger partial charge in [0.15, 0.2) is 0 Å². The Bertz CT molecular complexity index is 210. The second-order valence-corrected chi connectivity index (χ2v) is 4.77. The SMILES string of the molecule is CCC1(CNC(C)CC(F)(F)F)CCCN1. The molecule has 2 nitrogen and oxygen atoms in total. The first-order chi connectivity index (χ1) is 7.37. The van der Waals surface area contributed by atoms with E-state index in [1.807, 2.05) is 0 Å². The van der Waals surface area contributed by atoms with E-state index in [0.29, 0.717) is 6.54 Å². The Labute approximate surface area is 95.0 Å². The third kappa shape index (κ3) is 4.29. The first kappa shape index (κ1) is 13.8. The lowest BCUT2D eigenvalue weighted by molar-refractivity contribution is -0.139. The molecule has 1 aliphatic heterocycles. The fraction of sp³-hybridized carbons (Fsp3) is 1.00. The highest BCUT2D eigenvalue weighted by molar-refractivity contribution is 4.94. The molecular weight excluding hydrogens is 217 g/mol. The van der Waals surface area contributed by atoms with Gasteiger partial charge in [-0.2, -0.15) is 13.2 Å². The third-order valence-corrected chi connectivity index (χ3v) is 3.34. The van der Waals surface area contributed by atoms with Gasteiger partial charge in [-0.3, -0.25) is 0 Å². The molecule has 0 saturated carbocycles. The van der Waals surface area contributed by atoms with E-state index >= 15 is 0 Å². The average molecular weight is 238 g/mol. The first-order valence-corrected chi connectivity index (χ1v) is 5.92. The normalized spacial score (nSPS) is 28.3. The van der Waals surface area contributed by atoms with Gasteiger partial charge in [0.05, 0.1) is 6.42 Å². The van der Waals surface area contributed by atoms with E-state index in [1.165, 1.54) is 0 Å². The van der Waals surface area contributed by atoms with E-state index < -0.39 is 18.6 Å². The number of nitrogens with one attached hydrogen (secondary N) is 2. The molecule has 5 heteroatoms. The van der Waals surface area contributed by atoms with E-state index in [1.54, 1.807) is 6.92 Å². The monoisotopic (exact) mass is 238 g/mol. The Balaban J connectivity index is 2.32. The molecule has 16 heavy (non-hydrogen) atoms. The Hall–Kier alpha value is -0.290. The van der Waals surface area contributed by atoms with Crippen LogP contribution in [0.15, 0.2) is 0 Å². The van der Waals surface area contributed by atoms with E-state index in [4.69, 9.17) is 0 Å². The zero-order valence-electron chi connectivity index (χ0n) is 9.95. The molecule has 2 unspecified atom stereocenters. The molecule has 0 aromatic rings. The molecule has 1 aliphatic rings. The molecule has 0 aromatic carbocycles. The fourth-order valence-corrected chi connectivity index (χ4v) is 2.24. The van der Waals surface area contributed by atoms with Crippen LogP contribution in [-0.2, 0) is 0 Å². The molecule has 2 N–H and O–H groups in total. The van der Waals surface area contributed by atoms with Crippen molar-refractivity contribution in [1.29, 1.82) is 0 Å². The molecule has 0 radical (unpaired) electrons. The van der Waals surface area contributed by atoms with Crippen molar-refractivity contribution < 1.29 is 13.2 Å². The molecule has 96 valence electrons. The standard InChI is InChI=1S/C11H21F3N2/c1-3-10(5-4-6-16-10)8-15-9(2)7-11(12,13)14/h9,15-16H,3-8H2,1-2H3. The van der Waals surface area contributed by atoms with Gasteiger partial charge in [0.2, 0.25) is 0 Å². The van der Waals surface area contributed by atoms with Crippen molar-refractivity contribution in [2.45, 2.75) is 57.3 Å². The molecule has 1 fully saturated rings. The van der Waals surface area contributed by atoms with Crippen molar-refractivity contribution in [1.82, 2.24) is 10.6 Å². The zero-order valence-corrected chi connectivity index (χ0v) is 9.95. The van der Waals surface area contributed by atoms with E-state index in [0.717, 1.165) is 25.8 Å². The summed E-state index contributed by atoms with van der Waals surface area (Å²) < 4.78 is 36.4. The van der Waals surface area contributed by atoms with Crippen molar-refractivity contribution in [3.63, 3.8) is 0 Å². The lowest BCUT2D eigenvalue weighted by Crippen LogP contribution is -2.50. The summed E-state index contributed by atoms with van der Waals surface area (Å²) in [7, 11) is 0. The summed E-state index contributed by atoms with van der Waals surface area (Å²) in [6.45, 7) is 5.27. The Kier molecular flexibility index (Phi) is 4.62. The topological polar surface area (TPSA) is 24.1 Å². The number of rotatable bonds is 5. The summed E-state index contributed by atoms with van der Waals surface area (Å²) in [5.74, 6) is 0. The lowest BCUT2D eigenvalue weighted by Gasteiger charge is -2.30. The van der Waals surface area contributed by atoms with Crippen molar-refractivity contribution >= 4 is 0 Å². The fourth-order valence-electron chi connectivity index (χ4n) is 2.24. The summed E-state index contributed by atoms with van der Waals surface area (Å²) in [5.41, 5.74) is 0.0137. The van der Waals surface area contributed by atoms with E-state index in [-0.39, 0.29) is 5.54 Å². The van der Waals surface area contributed by atoms with Gasteiger partial charge < -0.3 is 10.6 Å². The van der Waals surface area contributed by atoms with Crippen LogP contribution in [0.3, 0.4) is 0 Å². The summed E-state index contributed by atoms with van der Waals surface area (Å²) in [5, 5.41) is 6.38.